The maximum Gasteiger partial charge on any atom is 0.326 e. The molecule has 0 spiro atoms. The molecule has 5 heteroatoms. The van der Waals surface area contributed by atoms with Crippen LogP contribution in [0.1, 0.15) is 46.0 Å². The number of amides is 1. The van der Waals surface area contributed by atoms with E-state index < -0.39 is 12.0 Å². The van der Waals surface area contributed by atoms with Gasteiger partial charge in [-0.25, -0.2) is 4.79 Å². The molecule has 1 atom stereocenters. The van der Waals surface area contributed by atoms with Crippen molar-refractivity contribution < 1.29 is 14.7 Å². The van der Waals surface area contributed by atoms with Gasteiger partial charge in [0, 0.05) is 18.5 Å². The predicted octanol–water partition coefficient (Wildman–Crippen LogP) is 0.970. The van der Waals surface area contributed by atoms with E-state index in [2.05, 4.69) is 0 Å². The molecular formula is C12H22N2O3. The van der Waals surface area contributed by atoms with Gasteiger partial charge in [-0.1, -0.05) is 0 Å². The SMILES string of the molecule is CC(C)(N)CCC(=O)N1CCCC[C@@H]1C(=O)O. The second kappa shape index (κ2) is 5.49. The van der Waals surface area contributed by atoms with Crippen LogP contribution >= 0.6 is 0 Å². The molecule has 3 N–H and O–H groups in total. The van der Waals surface area contributed by atoms with Crippen LogP contribution in [-0.2, 0) is 9.59 Å². The minimum Gasteiger partial charge on any atom is -0.480 e. The number of nitrogens with zero attached hydrogens (tertiary/aromatic N) is 1. The lowest BCUT2D eigenvalue weighted by Crippen LogP contribution is -2.48. The number of carbonyl (C=O) groups is 2. The van der Waals surface area contributed by atoms with Crippen molar-refractivity contribution in [2.24, 2.45) is 5.73 Å². The van der Waals surface area contributed by atoms with Crippen LogP contribution in [0.4, 0.5) is 0 Å². The molecule has 0 saturated carbocycles. The summed E-state index contributed by atoms with van der Waals surface area (Å²) in [5, 5.41) is 9.07. The van der Waals surface area contributed by atoms with E-state index in [1.165, 1.54) is 4.90 Å². The molecule has 1 aliphatic heterocycles. The third-order valence-corrected chi connectivity index (χ3v) is 3.09. The fourth-order valence-electron chi connectivity index (χ4n) is 2.06. The first kappa shape index (κ1) is 14.0. The Hall–Kier alpha value is -1.10. The maximum atomic E-state index is 12.0. The van der Waals surface area contributed by atoms with E-state index in [1.807, 2.05) is 13.8 Å². The van der Waals surface area contributed by atoms with Gasteiger partial charge in [0.15, 0.2) is 0 Å². The third kappa shape index (κ3) is 4.34. The zero-order valence-electron chi connectivity index (χ0n) is 10.6. The number of nitrogens with two attached hydrogens (primary N) is 1. The van der Waals surface area contributed by atoms with Crippen LogP contribution in [0.5, 0.6) is 0 Å². The Kier molecular flexibility index (Phi) is 4.51. The molecule has 98 valence electrons. The Morgan fingerprint density at radius 1 is 1.41 bits per heavy atom. The normalized spacial score (nSPS) is 21.4. The van der Waals surface area contributed by atoms with Crippen molar-refractivity contribution in [1.82, 2.24) is 4.90 Å². The van der Waals surface area contributed by atoms with Crippen molar-refractivity contribution in [3.8, 4) is 0 Å². The summed E-state index contributed by atoms with van der Waals surface area (Å²) in [6.45, 7) is 4.29. The average molecular weight is 242 g/mol. The van der Waals surface area contributed by atoms with E-state index in [9.17, 15) is 9.59 Å². The van der Waals surface area contributed by atoms with Crippen molar-refractivity contribution in [2.45, 2.75) is 57.5 Å². The molecule has 1 saturated heterocycles. The number of carboxylic acid groups (broad SMARTS) is 1. The van der Waals surface area contributed by atoms with Crippen molar-refractivity contribution in [3.63, 3.8) is 0 Å². The molecule has 0 aromatic rings. The van der Waals surface area contributed by atoms with Crippen LogP contribution in [0.3, 0.4) is 0 Å². The standard InChI is InChI=1S/C12H22N2O3/c1-12(2,13)7-6-10(15)14-8-4-3-5-9(14)11(16)17/h9H,3-8,13H2,1-2H3,(H,16,17)/t9-/m1/s1. The monoisotopic (exact) mass is 242 g/mol. The van der Waals surface area contributed by atoms with Crippen molar-refractivity contribution in [1.29, 1.82) is 0 Å². The van der Waals surface area contributed by atoms with Gasteiger partial charge in [-0.3, -0.25) is 4.79 Å². The number of rotatable bonds is 4. The Balaban J connectivity index is 2.56. The summed E-state index contributed by atoms with van der Waals surface area (Å²) in [7, 11) is 0. The molecule has 1 heterocycles. The molecule has 5 nitrogen and oxygen atoms in total. The lowest BCUT2D eigenvalue weighted by atomic mass is 9.97. The lowest BCUT2D eigenvalue weighted by Gasteiger charge is -2.33. The zero-order valence-corrected chi connectivity index (χ0v) is 10.6. The van der Waals surface area contributed by atoms with E-state index in [4.69, 9.17) is 10.8 Å². The summed E-state index contributed by atoms with van der Waals surface area (Å²) < 4.78 is 0. The van der Waals surface area contributed by atoms with Crippen LogP contribution in [0.25, 0.3) is 0 Å². The first-order chi connectivity index (χ1) is 7.81. The van der Waals surface area contributed by atoms with Gasteiger partial charge in [0.1, 0.15) is 6.04 Å². The Morgan fingerprint density at radius 3 is 2.59 bits per heavy atom. The molecule has 0 unspecified atom stereocenters. The fraction of sp³-hybridized carbons (Fsp3) is 0.833. The van der Waals surface area contributed by atoms with Crippen LogP contribution < -0.4 is 5.73 Å². The van der Waals surface area contributed by atoms with E-state index >= 15 is 0 Å². The predicted molar refractivity (Wildman–Crippen MR) is 64.5 cm³/mol. The summed E-state index contributed by atoms with van der Waals surface area (Å²) >= 11 is 0. The number of carbonyl (C=O) groups excluding carboxylic acids is 1. The highest BCUT2D eigenvalue weighted by atomic mass is 16.4. The second-order valence-electron chi connectivity index (χ2n) is 5.43. The van der Waals surface area contributed by atoms with Crippen molar-refractivity contribution >= 4 is 11.9 Å². The summed E-state index contributed by atoms with van der Waals surface area (Å²) in [6.07, 6.45) is 3.24. The van der Waals surface area contributed by atoms with Gasteiger partial charge in [-0.15, -0.1) is 0 Å². The van der Waals surface area contributed by atoms with Crippen LogP contribution in [-0.4, -0.2) is 40.0 Å². The smallest absolute Gasteiger partial charge is 0.326 e. The summed E-state index contributed by atoms with van der Waals surface area (Å²) in [5.41, 5.74) is 5.44. The summed E-state index contributed by atoms with van der Waals surface area (Å²) in [4.78, 5) is 24.5. The highest BCUT2D eigenvalue weighted by Gasteiger charge is 2.31. The number of hydrogen-bond acceptors (Lipinski definition) is 3. The molecule has 0 aromatic heterocycles. The van der Waals surface area contributed by atoms with Gasteiger partial charge < -0.3 is 15.7 Å². The molecule has 1 rings (SSSR count). The molecule has 1 amide bonds. The number of carboxylic acids is 1. The largest absolute Gasteiger partial charge is 0.480 e. The second-order valence-corrected chi connectivity index (χ2v) is 5.43. The Bertz CT molecular complexity index is 297. The van der Waals surface area contributed by atoms with Crippen LogP contribution in [0, 0.1) is 0 Å². The van der Waals surface area contributed by atoms with Crippen molar-refractivity contribution in [3.05, 3.63) is 0 Å². The van der Waals surface area contributed by atoms with E-state index in [0.29, 0.717) is 25.8 Å². The molecule has 0 bridgehead atoms. The average Bonchev–Trinajstić information content (AvgIpc) is 2.25. The van der Waals surface area contributed by atoms with Gasteiger partial charge in [-0.05, 0) is 39.5 Å². The topological polar surface area (TPSA) is 83.6 Å². The molecule has 17 heavy (non-hydrogen) atoms. The zero-order chi connectivity index (χ0) is 13.1. The highest BCUT2D eigenvalue weighted by Crippen LogP contribution is 2.19. The number of piperidine rings is 1. The van der Waals surface area contributed by atoms with Crippen LogP contribution in [0.2, 0.25) is 0 Å². The first-order valence-electron chi connectivity index (χ1n) is 6.12. The molecule has 0 radical (unpaired) electrons. The van der Waals surface area contributed by atoms with Crippen LogP contribution in [0.15, 0.2) is 0 Å². The van der Waals surface area contributed by atoms with Gasteiger partial charge >= 0.3 is 5.97 Å². The van der Waals surface area contributed by atoms with E-state index in [0.717, 1.165) is 12.8 Å². The van der Waals surface area contributed by atoms with Gasteiger partial charge in [-0.2, -0.15) is 0 Å². The Morgan fingerprint density at radius 2 is 2.06 bits per heavy atom. The minimum atomic E-state index is -0.898. The minimum absolute atomic E-state index is 0.0874. The van der Waals surface area contributed by atoms with Gasteiger partial charge in [0.25, 0.3) is 0 Å². The van der Waals surface area contributed by atoms with Gasteiger partial charge in [0.2, 0.25) is 5.91 Å². The molecule has 0 aromatic carbocycles. The molecule has 1 aliphatic rings. The highest BCUT2D eigenvalue weighted by molar-refractivity contribution is 5.83. The van der Waals surface area contributed by atoms with E-state index in [1.54, 1.807) is 0 Å². The molecule has 1 fully saturated rings. The number of likely N-dealkylation sites (tertiary alicyclic amines) is 1. The quantitative estimate of drug-likeness (QED) is 0.769. The number of aliphatic carboxylic acids is 1. The summed E-state index contributed by atoms with van der Waals surface area (Å²) in [5.74, 6) is -0.985. The summed E-state index contributed by atoms with van der Waals surface area (Å²) in [6, 6.07) is -0.642. The lowest BCUT2D eigenvalue weighted by molar-refractivity contribution is -0.152. The molecule has 0 aliphatic carbocycles. The number of hydrogen-bond donors (Lipinski definition) is 2. The molecular weight excluding hydrogens is 220 g/mol. The van der Waals surface area contributed by atoms with E-state index in [-0.39, 0.29) is 11.4 Å². The first-order valence-corrected chi connectivity index (χ1v) is 6.12. The maximum absolute atomic E-state index is 12.0. The third-order valence-electron chi connectivity index (χ3n) is 3.09. The Labute approximate surface area is 102 Å². The van der Waals surface area contributed by atoms with Gasteiger partial charge in [0.05, 0.1) is 0 Å². The fourth-order valence-corrected chi connectivity index (χ4v) is 2.06. The van der Waals surface area contributed by atoms with Crippen molar-refractivity contribution in [2.75, 3.05) is 6.54 Å².